The molecular weight excluding hydrogens is 419 g/mol. The number of benzene rings is 2. The molecule has 0 amide bonds. The van der Waals surface area contributed by atoms with E-state index in [1.54, 1.807) is 0 Å². The lowest BCUT2D eigenvalue weighted by Crippen LogP contribution is -2.19. The van der Waals surface area contributed by atoms with Gasteiger partial charge in [0.2, 0.25) is 0 Å². The molecule has 0 atom stereocenters. The molecule has 1 aromatic heterocycles. The maximum Gasteiger partial charge on any atom is 0.174 e. The van der Waals surface area contributed by atoms with E-state index < -0.39 is 0 Å². The molecule has 0 spiro atoms. The smallest absolute Gasteiger partial charge is 0.174 e. The molecule has 0 radical (unpaired) electrons. The van der Waals surface area contributed by atoms with E-state index in [-0.39, 0.29) is 5.41 Å². The molecule has 0 fully saturated rings. The molecule has 3 rings (SSSR count). The van der Waals surface area contributed by atoms with Gasteiger partial charge in [0.25, 0.3) is 0 Å². The van der Waals surface area contributed by atoms with Crippen LogP contribution in [0.1, 0.15) is 49.6 Å². The summed E-state index contributed by atoms with van der Waals surface area (Å²) in [6.07, 6.45) is 1.64. The van der Waals surface area contributed by atoms with Gasteiger partial charge in [0.15, 0.2) is 5.82 Å². The van der Waals surface area contributed by atoms with Gasteiger partial charge in [-0.1, -0.05) is 55.7 Å². The van der Waals surface area contributed by atoms with Crippen LogP contribution in [0.25, 0.3) is 0 Å². The maximum atomic E-state index is 6.62. The van der Waals surface area contributed by atoms with Gasteiger partial charge in [0, 0.05) is 23.0 Å². The lowest BCUT2D eigenvalue weighted by atomic mass is 9.77. The van der Waals surface area contributed by atoms with Crippen molar-refractivity contribution in [2.75, 3.05) is 17.8 Å². The molecule has 4 nitrogen and oxygen atoms in total. The van der Waals surface area contributed by atoms with Crippen molar-refractivity contribution in [3.63, 3.8) is 0 Å². The Hall–Kier alpha value is -2.17. The van der Waals surface area contributed by atoms with Crippen molar-refractivity contribution in [1.82, 2.24) is 5.16 Å². The van der Waals surface area contributed by atoms with Gasteiger partial charge >= 0.3 is 0 Å². The molecule has 30 heavy (non-hydrogen) atoms. The number of anilines is 2. The van der Waals surface area contributed by atoms with Crippen molar-refractivity contribution in [2.24, 2.45) is 0 Å². The number of aromatic nitrogens is 1. The highest BCUT2D eigenvalue weighted by Gasteiger charge is 2.25. The van der Waals surface area contributed by atoms with Crippen molar-refractivity contribution in [3.8, 4) is 5.75 Å². The van der Waals surface area contributed by atoms with E-state index >= 15 is 0 Å². The van der Waals surface area contributed by atoms with Crippen LogP contribution in [-0.4, -0.2) is 17.6 Å². The summed E-state index contributed by atoms with van der Waals surface area (Å²) in [6, 6.07) is 14.4. The van der Waals surface area contributed by atoms with Crippen LogP contribution in [-0.2, 0) is 11.8 Å². The van der Waals surface area contributed by atoms with Crippen molar-refractivity contribution in [3.05, 3.63) is 69.9 Å². The van der Waals surface area contributed by atoms with Crippen molar-refractivity contribution in [1.29, 1.82) is 0 Å². The second-order valence-electron chi connectivity index (χ2n) is 7.84. The van der Waals surface area contributed by atoms with E-state index in [4.69, 9.17) is 32.5 Å². The largest absolute Gasteiger partial charge is 0.492 e. The minimum atomic E-state index is -0.217. The standard InChI is InChI=1S/C24H28Cl2N2O2/c1-5-17-14-19(15-21(26)23(17)29-12-6-11-25)24(3,4)18-7-9-20(10-8-18)27-22-13-16(2)30-28-22/h7-10,13-15H,5-6,11-12H2,1-4H3,(H,27,28). The number of hydrogen-bond acceptors (Lipinski definition) is 4. The summed E-state index contributed by atoms with van der Waals surface area (Å²) in [6.45, 7) is 8.96. The third kappa shape index (κ3) is 5.11. The number of rotatable bonds is 9. The molecule has 1 heterocycles. The predicted molar refractivity (Wildman–Crippen MR) is 125 cm³/mol. The third-order valence-corrected chi connectivity index (χ3v) is 5.80. The second-order valence-corrected chi connectivity index (χ2v) is 8.63. The lowest BCUT2D eigenvalue weighted by Gasteiger charge is -2.28. The van der Waals surface area contributed by atoms with E-state index in [2.05, 4.69) is 49.4 Å². The summed E-state index contributed by atoms with van der Waals surface area (Å²) in [5, 5.41) is 7.87. The summed E-state index contributed by atoms with van der Waals surface area (Å²) in [5.74, 6) is 2.81. The minimum Gasteiger partial charge on any atom is -0.492 e. The molecule has 0 unspecified atom stereocenters. The molecule has 0 aliphatic rings. The van der Waals surface area contributed by atoms with Gasteiger partial charge in [0.1, 0.15) is 11.5 Å². The summed E-state index contributed by atoms with van der Waals surface area (Å²) in [7, 11) is 0. The first-order valence-electron chi connectivity index (χ1n) is 10.2. The number of nitrogens with zero attached hydrogens (tertiary/aromatic N) is 1. The number of halogens is 2. The second kappa shape index (κ2) is 9.76. The highest BCUT2D eigenvalue weighted by Crippen LogP contribution is 2.39. The predicted octanol–water partition coefficient (Wildman–Crippen LogP) is 7.28. The number of alkyl halides is 1. The van der Waals surface area contributed by atoms with Crippen LogP contribution >= 0.6 is 23.2 Å². The highest BCUT2D eigenvalue weighted by molar-refractivity contribution is 6.32. The Morgan fingerprint density at radius 3 is 2.43 bits per heavy atom. The van der Waals surface area contributed by atoms with Crippen LogP contribution in [0.15, 0.2) is 47.0 Å². The average Bonchev–Trinajstić information content (AvgIpc) is 3.13. The Kier molecular flexibility index (Phi) is 7.32. The summed E-state index contributed by atoms with van der Waals surface area (Å²) in [4.78, 5) is 0. The van der Waals surface area contributed by atoms with E-state index in [9.17, 15) is 0 Å². The molecule has 3 aromatic rings. The molecule has 1 N–H and O–H groups in total. The van der Waals surface area contributed by atoms with Crippen LogP contribution < -0.4 is 10.1 Å². The molecule has 0 aliphatic heterocycles. The van der Waals surface area contributed by atoms with Crippen LogP contribution in [0.4, 0.5) is 11.5 Å². The maximum absolute atomic E-state index is 6.62. The van der Waals surface area contributed by atoms with Gasteiger partial charge in [-0.25, -0.2) is 0 Å². The zero-order valence-corrected chi connectivity index (χ0v) is 19.4. The normalized spacial score (nSPS) is 11.5. The topological polar surface area (TPSA) is 47.3 Å². The number of aryl methyl sites for hydroxylation is 2. The molecule has 0 bridgehead atoms. The highest BCUT2D eigenvalue weighted by atomic mass is 35.5. The van der Waals surface area contributed by atoms with Crippen molar-refractivity contribution in [2.45, 2.75) is 46.0 Å². The van der Waals surface area contributed by atoms with Gasteiger partial charge in [-0.15, -0.1) is 11.6 Å². The van der Waals surface area contributed by atoms with E-state index in [0.29, 0.717) is 23.3 Å². The SMILES string of the molecule is CCc1cc(C(C)(C)c2ccc(Nc3cc(C)on3)cc2)cc(Cl)c1OCCCCl. The molecule has 2 aromatic carbocycles. The Bertz CT molecular complexity index is 981. The van der Waals surface area contributed by atoms with Gasteiger partial charge in [-0.3, -0.25) is 0 Å². The van der Waals surface area contributed by atoms with Crippen LogP contribution in [0.3, 0.4) is 0 Å². The van der Waals surface area contributed by atoms with Crippen molar-refractivity contribution >= 4 is 34.7 Å². The first kappa shape index (κ1) is 22.5. The number of nitrogens with one attached hydrogen (secondary N) is 1. The Balaban J connectivity index is 1.84. The number of ether oxygens (including phenoxy) is 1. The fraction of sp³-hybridized carbons (Fsp3) is 0.375. The first-order chi connectivity index (χ1) is 14.3. The quantitative estimate of drug-likeness (QED) is 0.277. The van der Waals surface area contributed by atoms with Crippen molar-refractivity contribution < 1.29 is 9.26 Å². The van der Waals surface area contributed by atoms with E-state index in [1.807, 2.05) is 31.2 Å². The summed E-state index contributed by atoms with van der Waals surface area (Å²) < 4.78 is 11.0. The van der Waals surface area contributed by atoms with Gasteiger partial charge in [-0.05, 0) is 54.7 Å². The molecule has 160 valence electrons. The molecule has 0 saturated carbocycles. The van der Waals surface area contributed by atoms with Gasteiger partial charge < -0.3 is 14.6 Å². The van der Waals surface area contributed by atoms with E-state index in [1.165, 1.54) is 5.56 Å². The Morgan fingerprint density at radius 2 is 1.83 bits per heavy atom. The Labute approximate surface area is 188 Å². The monoisotopic (exact) mass is 446 g/mol. The van der Waals surface area contributed by atoms with Gasteiger partial charge in [-0.2, -0.15) is 0 Å². The first-order valence-corrected chi connectivity index (χ1v) is 11.1. The molecule has 0 aliphatic carbocycles. The number of hydrogen-bond donors (Lipinski definition) is 1. The molecule has 0 saturated heterocycles. The summed E-state index contributed by atoms with van der Waals surface area (Å²) >= 11 is 12.4. The third-order valence-electron chi connectivity index (χ3n) is 5.25. The van der Waals surface area contributed by atoms with Crippen LogP contribution in [0.2, 0.25) is 5.02 Å². The lowest BCUT2D eigenvalue weighted by molar-refractivity contribution is 0.315. The Morgan fingerprint density at radius 1 is 1.10 bits per heavy atom. The zero-order chi connectivity index (χ0) is 21.7. The van der Waals surface area contributed by atoms with Crippen LogP contribution in [0.5, 0.6) is 5.75 Å². The van der Waals surface area contributed by atoms with Gasteiger partial charge in [0.05, 0.1) is 11.6 Å². The molecule has 6 heteroatoms. The average molecular weight is 447 g/mol. The van der Waals surface area contributed by atoms with Crippen LogP contribution in [0, 0.1) is 6.92 Å². The fourth-order valence-corrected chi connectivity index (χ4v) is 3.78. The fourth-order valence-electron chi connectivity index (χ4n) is 3.37. The zero-order valence-electron chi connectivity index (χ0n) is 17.9. The molecular formula is C24H28Cl2N2O2. The van der Waals surface area contributed by atoms with E-state index in [0.717, 1.165) is 41.2 Å². The summed E-state index contributed by atoms with van der Waals surface area (Å²) in [5.41, 5.74) is 4.20. The minimum absolute atomic E-state index is 0.217.